The third kappa shape index (κ3) is 2.65. The smallest absolute Gasteiger partial charge is 0.196 e. The van der Waals surface area contributed by atoms with Crippen LogP contribution in [0.3, 0.4) is 0 Å². The highest BCUT2D eigenvalue weighted by Crippen LogP contribution is 2.24. The molecule has 1 aromatic heterocycles. The Labute approximate surface area is 112 Å². The van der Waals surface area contributed by atoms with E-state index < -0.39 is 17.5 Å². The van der Waals surface area contributed by atoms with Gasteiger partial charge in [0, 0.05) is 6.20 Å². The maximum Gasteiger partial charge on any atom is 0.196 e. The van der Waals surface area contributed by atoms with Crippen molar-refractivity contribution in [2.75, 3.05) is 5.32 Å². The van der Waals surface area contributed by atoms with Crippen molar-refractivity contribution >= 4 is 28.7 Å². The molecule has 0 atom stereocenters. The van der Waals surface area contributed by atoms with Crippen molar-refractivity contribution < 1.29 is 13.2 Å². The molecule has 0 fully saturated rings. The molecule has 0 aliphatic carbocycles. The molecule has 0 aliphatic heterocycles. The van der Waals surface area contributed by atoms with E-state index in [0.29, 0.717) is 5.56 Å². The number of thiocarbonyl (C=S) groups is 1. The molecule has 19 heavy (non-hydrogen) atoms. The molecule has 0 aliphatic rings. The summed E-state index contributed by atoms with van der Waals surface area (Å²) in [5.41, 5.74) is 5.61. The first-order chi connectivity index (χ1) is 9.00. The van der Waals surface area contributed by atoms with E-state index in [1.165, 1.54) is 6.20 Å². The van der Waals surface area contributed by atoms with Crippen molar-refractivity contribution in [2.45, 2.75) is 0 Å². The molecule has 98 valence electrons. The summed E-state index contributed by atoms with van der Waals surface area (Å²) in [5, 5.41) is 2.53. The number of hydrogen-bond donors (Lipinski definition) is 2. The highest BCUT2D eigenvalue weighted by atomic mass is 32.1. The van der Waals surface area contributed by atoms with Crippen LogP contribution in [0.5, 0.6) is 0 Å². The highest BCUT2D eigenvalue weighted by molar-refractivity contribution is 7.80. The normalized spacial score (nSPS) is 10.3. The fraction of sp³-hybridized carbons (Fsp3) is 0. The fourth-order valence-electron chi connectivity index (χ4n) is 1.45. The topological polar surface area (TPSA) is 50.9 Å². The van der Waals surface area contributed by atoms with E-state index in [2.05, 4.69) is 10.3 Å². The summed E-state index contributed by atoms with van der Waals surface area (Å²) < 4.78 is 39.4. The number of benzene rings is 1. The predicted molar refractivity (Wildman–Crippen MR) is 69.7 cm³/mol. The Balaban J connectivity index is 2.42. The van der Waals surface area contributed by atoms with Crippen molar-refractivity contribution in [3.05, 3.63) is 53.5 Å². The molecule has 7 heteroatoms. The number of nitrogens with zero attached hydrogens (tertiary/aromatic N) is 1. The van der Waals surface area contributed by atoms with E-state index in [0.717, 1.165) is 12.1 Å². The largest absolute Gasteiger partial charge is 0.389 e. The molecule has 3 nitrogen and oxygen atoms in total. The molecule has 0 amide bonds. The average Bonchev–Trinajstić information content (AvgIpc) is 2.40. The Morgan fingerprint density at radius 2 is 1.89 bits per heavy atom. The van der Waals surface area contributed by atoms with Gasteiger partial charge in [-0.15, -0.1) is 0 Å². The SMILES string of the molecule is NC(=S)c1cccnc1Nc1ccc(F)c(F)c1F. The molecule has 1 aromatic carbocycles. The van der Waals surface area contributed by atoms with Crippen LogP contribution in [0.2, 0.25) is 0 Å². The molecule has 2 rings (SSSR count). The Kier molecular flexibility index (Phi) is 3.66. The number of pyridine rings is 1. The van der Waals surface area contributed by atoms with Gasteiger partial charge < -0.3 is 11.1 Å². The maximum atomic E-state index is 13.5. The number of rotatable bonds is 3. The van der Waals surface area contributed by atoms with Gasteiger partial charge in [-0.25, -0.2) is 18.2 Å². The first-order valence-corrected chi connectivity index (χ1v) is 5.57. The van der Waals surface area contributed by atoms with Crippen LogP contribution in [0.25, 0.3) is 0 Å². The zero-order valence-corrected chi connectivity index (χ0v) is 10.3. The van der Waals surface area contributed by atoms with E-state index in [-0.39, 0.29) is 16.5 Å². The summed E-state index contributed by atoms with van der Waals surface area (Å²) in [5.74, 6) is -3.99. The third-order valence-electron chi connectivity index (χ3n) is 2.36. The molecule has 0 unspecified atom stereocenters. The second-order valence-corrected chi connectivity index (χ2v) is 4.05. The summed E-state index contributed by atoms with van der Waals surface area (Å²) in [6.07, 6.45) is 1.43. The molecule has 3 N–H and O–H groups in total. The number of anilines is 2. The van der Waals surface area contributed by atoms with E-state index in [1.54, 1.807) is 12.1 Å². The number of hydrogen-bond acceptors (Lipinski definition) is 3. The summed E-state index contributed by atoms with van der Waals surface area (Å²) in [6, 6.07) is 5.05. The Morgan fingerprint density at radius 1 is 1.16 bits per heavy atom. The molecule has 0 radical (unpaired) electrons. The van der Waals surface area contributed by atoms with Gasteiger partial charge in [-0.2, -0.15) is 0 Å². The number of nitrogens with one attached hydrogen (secondary N) is 1. The summed E-state index contributed by atoms with van der Waals surface area (Å²) in [4.78, 5) is 3.98. The molecule has 0 bridgehead atoms. The molecular weight excluding hydrogens is 275 g/mol. The lowest BCUT2D eigenvalue weighted by Crippen LogP contribution is -2.13. The van der Waals surface area contributed by atoms with Gasteiger partial charge in [0.2, 0.25) is 0 Å². The van der Waals surface area contributed by atoms with Crippen molar-refractivity contribution in [1.82, 2.24) is 4.98 Å². The summed E-state index contributed by atoms with van der Waals surface area (Å²) in [6.45, 7) is 0. The Bertz CT molecular complexity index is 646. The van der Waals surface area contributed by atoms with E-state index in [1.807, 2.05) is 0 Å². The predicted octanol–water partition coefficient (Wildman–Crippen LogP) is 2.88. The van der Waals surface area contributed by atoms with Gasteiger partial charge in [0.05, 0.1) is 11.3 Å². The molecule has 2 aromatic rings. The number of halogens is 3. The van der Waals surface area contributed by atoms with Crippen LogP contribution in [0.4, 0.5) is 24.7 Å². The lowest BCUT2D eigenvalue weighted by molar-refractivity contribution is 0.449. The van der Waals surface area contributed by atoms with Crippen LogP contribution >= 0.6 is 12.2 Å². The van der Waals surface area contributed by atoms with Gasteiger partial charge in [-0.05, 0) is 24.3 Å². The third-order valence-corrected chi connectivity index (χ3v) is 2.58. The van der Waals surface area contributed by atoms with Gasteiger partial charge in [-0.3, -0.25) is 0 Å². The van der Waals surface area contributed by atoms with Gasteiger partial charge in [0.15, 0.2) is 17.5 Å². The zero-order valence-electron chi connectivity index (χ0n) is 9.45. The van der Waals surface area contributed by atoms with E-state index in [4.69, 9.17) is 18.0 Å². The monoisotopic (exact) mass is 283 g/mol. The van der Waals surface area contributed by atoms with E-state index >= 15 is 0 Å². The van der Waals surface area contributed by atoms with Gasteiger partial charge in [0.1, 0.15) is 10.8 Å². The standard InChI is InChI=1S/C12H8F3N3S/c13-7-3-4-8(10(15)9(7)14)18-12-6(11(16)19)2-1-5-17-12/h1-5H,(H2,16,19)(H,17,18). The van der Waals surface area contributed by atoms with Crippen molar-refractivity contribution in [1.29, 1.82) is 0 Å². The van der Waals surface area contributed by atoms with Gasteiger partial charge >= 0.3 is 0 Å². The first kappa shape index (κ1) is 13.3. The second-order valence-electron chi connectivity index (χ2n) is 3.61. The van der Waals surface area contributed by atoms with Gasteiger partial charge in [0.25, 0.3) is 0 Å². The minimum absolute atomic E-state index is 0.0543. The lowest BCUT2D eigenvalue weighted by atomic mass is 10.2. The van der Waals surface area contributed by atoms with Crippen LogP contribution in [-0.2, 0) is 0 Å². The van der Waals surface area contributed by atoms with Crippen molar-refractivity contribution in [3.8, 4) is 0 Å². The van der Waals surface area contributed by atoms with Crippen LogP contribution in [0.15, 0.2) is 30.5 Å². The summed E-state index contributed by atoms with van der Waals surface area (Å²) >= 11 is 4.82. The highest BCUT2D eigenvalue weighted by Gasteiger charge is 2.15. The maximum absolute atomic E-state index is 13.5. The molecule has 1 heterocycles. The zero-order chi connectivity index (χ0) is 14.0. The Morgan fingerprint density at radius 3 is 2.58 bits per heavy atom. The van der Waals surface area contributed by atoms with Crippen LogP contribution < -0.4 is 11.1 Å². The minimum atomic E-state index is -1.56. The molecule has 0 saturated carbocycles. The van der Waals surface area contributed by atoms with E-state index in [9.17, 15) is 13.2 Å². The van der Waals surface area contributed by atoms with Crippen molar-refractivity contribution in [3.63, 3.8) is 0 Å². The van der Waals surface area contributed by atoms with Crippen LogP contribution in [0.1, 0.15) is 5.56 Å². The second kappa shape index (κ2) is 5.23. The molecule has 0 spiro atoms. The summed E-state index contributed by atoms with van der Waals surface area (Å²) in [7, 11) is 0. The fourth-order valence-corrected chi connectivity index (χ4v) is 1.62. The van der Waals surface area contributed by atoms with Crippen molar-refractivity contribution in [2.24, 2.45) is 5.73 Å². The van der Waals surface area contributed by atoms with Gasteiger partial charge in [-0.1, -0.05) is 12.2 Å². The average molecular weight is 283 g/mol. The minimum Gasteiger partial charge on any atom is -0.389 e. The van der Waals surface area contributed by atoms with Crippen LogP contribution in [-0.4, -0.2) is 9.97 Å². The molecular formula is C12H8F3N3S. The first-order valence-electron chi connectivity index (χ1n) is 5.16. The Hall–Kier alpha value is -2.15. The quantitative estimate of drug-likeness (QED) is 0.672. The number of aromatic nitrogens is 1. The lowest BCUT2D eigenvalue weighted by Gasteiger charge is -2.10. The van der Waals surface area contributed by atoms with Crippen LogP contribution in [0, 0.1) is 17.5 Å². The number of nitrogens with two attached hydrogens (primary N) is 1. The molecule has 0 saturated heterocycles.